The quantitative estimate of drug-likeness (QED) is 0.862. The van der Waals surface area contributed by atoms with Crippen molar-refractivity contribution in [1.29, 1.82) is 0 Å². The van der Waals surface area contributed by atoms with E-state index < -0.39 is 0 Å². The lowest BCUT2D eigenvalue weighted by Gasteiger charge is -2.33. The van der Waals surface area contributed by atoms with E-state index >= 15 is 0 Å². The summed E-state index contributed by atoms with van der Waals surface area (Å²) in [7, 11) is 0. The highest BCUT2D eigenvalue weighted by Gasteiger charge is 2.20. The molecule has 1 aromatic rings. The zero-order valence-electron chi connectivity index (χ0n) is 11.6. The van der Waals surface area contributed by atoms with Crippen molar-refractivity contribution < 1.29 is 4.79 Å². The monoisotopic (exact) mass is 262 g/mol. The summed E-state index contributed by atoms with van der Waals surface area (Å²) in [5, 5.41) is 2.90. The van der Waals surface area contributed by atoms with Crippen LogP contribution in [0.3, 0.4) is 0 Å². The lowest BCUT2D eigenvalue weighted by atomic mass is 9.96. The Morgan fingerprint density at radius 2 is 2.21 bits per heavy atom. The first-order valence-corrected chi connectivity index (χ1v) is 6.77. The minimum absolute atomic E-state index is 0.0539. The maximum absolute atomic E-state index is 10.9. The number of anilines is 2. The average molecular weight is 262 g/mol. The highest BCUT2D eigenvalue weighted by molar-refractivity contribution is 5.72. The van der Waals surface area contributed by atoms with Crippen molar-refractivity contribution in [3.05, 3.63) is 17.8 Å². The molecule has 2 rings (SSSR count). The van der Waals surface area contributed by atoms with Crippen molar-refractivity contribution in [2.75, 3.05) is 30.3 Å². The van der Waals surface area contributed by atoms with Gasteiger partial charge in [0.1, 0.15) is 5.82 Å². The standard InChI is InChI=1S/C14H22N4O/c1-10-7-14(17-9-13(10)15)18-5-3-12(4-6-18)8-16-11(2)19/h7,9,12H,3-6,8,15H2,1-2H3,(H,16,19). The topological polar surface area (TPSA) is 71.2 Å². The number of rotatable bonds is 3. The van der Waals surface area contributed by atoms with Crippen molar-refractivity contribution in [3.8, 4) is 0 Å². The van der Waals surface area contributed by atoms with E-state index in [0.29, 0.717) is 5.92 Å². The number of aromatic nitrogens is 1. The first-order chi connectivity index (χ1) is 9.06. The molecule has 0 radical (unpaired) electrons. The fourth-order valence-corrected chi connectivity index (χ4v) is 2.38. The number of carbonyl (C=O) groups is 1. The Hall–Kier alpha value is -1.78. The first-order valence-electron chi connectivity index (χ1n) is 6.77. The number of nitrogens with zero attached hydrogens (tertiary/aromatic N) is 2. The van der Waals surface area contributed by atoms with Crippen molar-refractivity contribution in [2.24, 2.45) is 5.92 Å². The van der Waals surface area contributed by atoms with Crippen molar-refractivity contribution in [2.45, 2.75) is 26.7 Å². The molecule has 0 spiro atoms. The van der Waals surface area contributed by atoms with Gasteiger partial charge in [0.25, 0.3) is 0 Å². The number of hydrogen-bond acceptors (Lipinski definition) is 4. The summed E-state index contributed by atoms with van der Waals surface area (Å²) in [6.45, 7) is 6.33. The number of pyridine rings is 1. The average Bonchev–Trinajstić information content (AvgIpc) is 2.40. The molecule has 0 bridgehead atoms. The summed E-state index contributed by atoms with van der Waals surface area (Å²) in [5.74, 6) is 1.64. The highest BCUT2D eigenvalue weighted by atomic mass is 16.1. The van der Waals surface area contributed by atoms with Gasteiger partial charge < -0.3 is 16.0 Å². The minimum Gasteiger partial charge on any atom is -0.397 e. The molecule has 1 aliphatic heterocycles. The van der Waals surface area contributed by atoms with Gasteiger partial charge in [-0.15, -0.1) is 0 Å². The third-order valence-corrected chi connectivity index (χ3v) is 3.72. The van der Waals surface area contributed by atoms with E-state index in [1.807, 2.05) is 13.0 Å². The molecule has 1 fully saturated rings. The van der Waals surface area contributed by atoms with Crippen LogP contribution in [0.1, 0.15) is 25.3 Å². The lowest BCUT2D eigenvalue weighted by molar-refractivity contribution is -0.119. The van der Waals surface area contributed by atoms with E-state index in [-0.39, 0.29) is 5.91 Å². The maximum atomic E-state index is 10.9. The first kappa shape index (κ1) is 13.6. The van der Waals surface area contributed by atoms with E-state index in [2.05, 4.69) is 15.2 Å². The van der Waals surface area contributed by atoms with Crippen LogP contribution in [0.4, 0.5) is 11.5 Å². The van der Waals surface area contributed by atoms with Crippen LogP contribution in [0.2, 0.25) is 0 Å². The smallest absolute Gasteiger partial charge is 0.216 e. The zero-order valence-corrected chi connectivity index (χ0v) is 11.6. The Bertz CT molecular complexity index is 453. The Kier molecular flexibility index (Phi) is 4.24. The van der Waals surface area contributed by atoms with Crippen LogP contribution in [0.5, 0.6) is 0 Å². The van der Waals surface area contributed by atoms with Crippen LogP contribution < -0.4 is 16.0 Å². The molecule has 5 heteroatoms. The van der Waals surface area contributed by atoms with Crippen LogP contribution in [0, 0.1) is 12.8 Å². The van der Waals surface area contributed by atoms with Crippen LogP contribution in [-0.2, 0) is 4.79 Å². The number of piperidine rings is 1. The summed E-state index contributed by atoms with van der Waals surface area (Å²) < 4.78 is 0. The number of amides is 1. The van der Waals surface area contributed by atoms with Crippen molar-refractivity contribution >= 4 is 17.4 Å². The van der Waals surface area contributed by atoms with Gasteiger partial charge in [-0.3, -0.25) is 4.79 Å². The molecular weight excluding hydrogens is 240 g/mol. The molecule has 0 atom stereocenters. The van der Waals surface area contributed by atoms with E-state index in [9.17, 15) is 4.79 Å². The van der Waals surface area contributed by atoms with E-state index in [4.69, 9.17) is 5.73 Å². The van der Waals surface area contributed by atoms with Crippen molar-refractivity contribution in [3.63, 3.8) is 0 Å². The van der Waals surface area contributed by atoms with Gasteiger partial charge in [0.05, 0.1) is 11.9 Å². The molecule has 3 N–H and O–H groups in total. The SMILES string of the molecule is CC(=O)NCC1CCN(c2cc(C)c(N)cn2)CC1. The molecule has 104 valence electrons. The molecule has 5 nitrogen and oxygen atoms in total. The van der Waals surface area contributed by atoms with E-state index in [1.54, 1.807) is 13.1 Å². The highest BCUT2D eigenvalue weighted by Crippen LogP contribution is 2.23. The molecule has 0 saturated carbocycles. The molecule has 0 aromatic carbocycles. The third-order valence-electron chi connectivity index (χ3n) is 3.72. The van der Waals surface area contributed by atoms with Crippen LogP contribution >= 0.6 is 0 Å². The predicted molar refractivity (Wildman–Crippen MR) is 77.0 cm³/mol. The molecule has 0 aliphatic carbocycles. The Morgan fingerprint density at radius 1 is 1.53 bits per heavy atom. The summed E-state index contributed by atoms with van der Waals surface area (Å²) in [6, 6.07) is 2.05. The number of hydrogen-bond donors (Lipinski definition) is 2. The predicted octanol–water partition coefficient (Wildman–Crippen LogP) is 1.32. The summed E-state index contributed by atoms with van der Waals surface area (Å²) in [4.78, 5) is 17.6. The molecule has 1 saturated heterocycles. The van der Waals surface area contributed by atoms with Crippen LogP contribution in [0.25, 0.3) is 0 Å². The number of aryl methyl sites for hydroxylation is 1. The molecule has 19 heavy (non-hydrogen) atoms. The molecule has 1 aromatic heterocycles. The summed E-state index contributed by atoms with van der Waals surface area (Å²) in [5.41, 5.74) is 7.60. The number of nitrogen functional groups attached to an aromatic ring is 1. The number of carbonyl (C=O) groups excluding carboxylic acids is 1. The summed E-state index contributed by atoms with van der Waals surface area (Å²) >= 11 is 0. The molecule has 0 unspecified atom stereocenters. The Balaban J connectivity index is 1.88. The number of nitrogens with two attached hydrogens (primary N) is 1. The van der Waals surface area contributed by atoms with Gasteiger partial charge in [-0.1, -0.05) is 0 Å². The van der Waals surface area contributed by atoms with Gasteiger partial charge >= 0.3 is 0 Å². The fraction of sp³-hybridized carbons (Fsp3) is 0.571. The second-order valence-electron chi connectivity index (χ2n) is 5.27. The second kappa shape index (κ2) is 5.91. The van der Waals surface area contributed by atoms with Gasteiger partial charge in [-0.05, 0) is 37.3 Å². The maximum Gasteiger partial charge on any atom is 0.216 e. The van der Waals surface area contributed by atoms with Gasteiger partial charge in [0.2, 0.25) is 5.91 Å². The second-order valence-corrected chi connectivity index (χ2v) is 5.27. The van der Waals surface area contributed by atoms with E-state index in [1.165, 1.54) is 0 Å². The normalized spacial score (nSPS) is 16.4. The lowest BCUT2D eigenvalue weighted by Crippen LogP contribution is -2.38. The third kappa shape index (κ3) is 3.59. The largest absolute Gasteiger partial charge is 0.397 e. The van der Waals surface area contributed by atoms with Crippen LogP contribution in [0.15, 0.2) is 12.3 Å². The molecule has 2 heterocycles. The summed E-state index contributed by atoms with van der Waals surface area (Å²) in [6.07, 6.45) is 3.91. The zero-order chi connectivity index (χ0) is 13.8. The van der Waals surface area contributed by atoms with Gasteiger partial charge in [-0.2, -0.15) is 0 Å². The van der Waals surface area contributed by atoms with Crippen LogP contribution in [-0.4, -0.2) is 30.5 Å². The van der Waals surface area contributed by atoms with Gasteiger partial charge in [0, 0.05) is 26.6 Å². The van der Waals surface area contributed by atoms with E-state index in [0.717, 1.165) is 49.5 Å². The van der Waals surface area contributed by atoms with Gasteiger partial charge in [-0.25, -0.2) is 4.98 Å². The molecular formula is C14H22N4O. The Labute approximate surface area is 114 Å². The molecule has 1 aliphatic rings. The van der Waals surface area contributed by atoms with Crippen molar-refractivity contribution in [1.82, 2.24) is 10.3 Å². The Morgan fingerprint density at radius 3 is 2.79 bits per heavy atom. The minimum atomic E-state index is 0.0539. The number of nitrogens with one attached hydrogen (secondary N) is 1. The van der Waals surface area contributed by atoms with Gasteiger partial charge in [0.15, 0.2) is 0 Å². The fourth-order valence-electron chi connectivity index (χ4n) is 2.38. The molecule has 1 amide bonds.